The van der Waals surface area contributed by atoms with E-state index in [9.17, 15) is 14.4 Å². The molecule has 36 heavy (non-hydrogen) atoms. The second-order valence-corrected chi connectivity index (χ2v) is 9.50. The molecule has 0 unspecified atom stereocenters. The summed E-state index contributed by atoms with van der Waals surface area (Å²) in [5.41, 5.74) is 5.32. The number of pyridine rings is 1. The fourth-order valence-corrected chi connectivity index (χ4v) is 5.00. The number of nitriles is 1. The van der Waals surface area contributed by atoms with E-state index in [-0.39, 0.29) is 11.8 Å². The molecule has 1 N–H and O–H groups in total. The largest absolute Gasteiger partial charge is 0.333 e. The zero-order valence-corrected chi connectivity index (χ0v) is 21.0. The van der Waals surface area contributed by atoms with Gasteiger partial charge in [-0.25, -0.2) is 14.2 Å². The van der Waals surface area contributed by atoms with E-state index in [0.717, 1.165) is 51.0 Å². The molecule has 0 atom stereocenters. The Labute approximate surface area is 216 Å². The third kappa shape index (κ3) is 5.08. The number of hydrogen-bond acceptors (Lipinski definition) is 4. The Morgan fingerprint density at radius 1 is 1.19 bits per heavy atom. The predicted molar refractivity (Wildman–Crippen MR) is 141 cm³/mol. The van der Waals surface area contributed by atoms with Crippen molar-refractivity contribution in [2.75, 3.05) is 13.1 Å². The number of carbonyl (C=O) groups excluding carboxylic acids is 1. The number of nitrogens with one attached hydrogen (secondary N) is 1. The number of nitrogens with zero attached hydrogens (tertiary/aromatic N) is 4. The second-order valence-electron chi connectivity index (χ2n) is 8.69. The Kier molecular flexibility index (Phi) is 6.94. The molecule has 2 aromatic carbocycles. The number of aromatic nitrogens is 2. The SMILES string of the molecule is N#Cc1ccc2c(c1)c1c(n2C(=O)NCc2ccnc(Br)c2)CCN(C/C=C/c2ccc(F)cc2)C1. The molecule has 5 rings (SSSR count). The molecule has 3 heterocycles. The maximum absolute atomic E-state index is 13.3. The van der Waals surface area contributed by atoms with Crippen LogP contribution >= 0.6 is 15.9 Å². The van der Waals surface area contributed by atoms with Crippen molar-refractivity contribution in [2.24, 2.45) is 0 Å². The summed E-state index contributed by atoms with van der Waals surface area (Å²) in [6.45, 7) is 2.58. The lowest BCUT2D eigenvalue weighted by Crippen LogP contribution is -2.34. The first-order valence-corrected chi connectivity index (χ1v) is 12.4. The number of rotatable bonds is 5. The quantitative estimate of drug-likeness (QED) is 0.330. The van der Waals surface area contributed by atoms with Crippen LogP contribution in [0.4, 0.5) is 9.18 Å². The summed E-state index contributed by atoms with van der Waals surface area (Å²) in [6, 6.07) is 17.6. The fraction of sp³-hybridized carbons (Fsp3) is 0.179. The average molecular weight is 544 g/mol. The fourth-order valence-electron chi connectivity index (χ4n) is 4.59. The first-order chi connectivity index (χ1) is 17.5. The van der Waals surface area contributed by atoms with Gasteiger partial charge in [-0.15, -0.1) is 0 Å². The first-order valence-electron chi connectivity index (χ1n) is 11.6. The third-order valence-corrected chi connectivity index (χ3v) is 6.77. The number of carbonyl (C=O) groups is 1. The van der Waals surface area contributed by atoms with Crippen LogP contribution in [0.15, 0.2) is 71.5 Å². The molecule has 0 saturated heterocycles. The highest BCUT2D eigenvalue weighted by atomic mass is 79.9. The molecule has 0 bridgehead atoms. The van der Waals surface area contributed by atoms with Crippen molar-refractivity contribution in [1.29, 1.82) is 5.26 Å². The van der Waals surface area contributed by atoms with Crippen LogP contribution in [-0.2, 0) is 19.5 Å². The summed E-state index contributed by atoms with van der Waals surface area (Å²) in [7, 11) is 0. The van der Waals surface area contributed by atoms with Crippen LogP contribution in [0.1, 0.15) is 27.9 Å². The van der Waals surface area contributed by atoms with Crippen molar-refractivity contribution in [1.82, 2.24) is 19.8 Å². The van der Waals surface area contributed by atoms with Crippen LogP contribution in [0.3, 0.4) is 0 Å². The molecule has 6 nitrogen and oxygen atoms in total. The highest BCUT2D eigenvalue weighted by Gasteiger charge is 2.26. The maximum Gasteiger partial charge on any atom is 0.326 e. The summed E-state index contributed by atoms with van der Waals surface area (Å²) in [5.74, 6) is -0.249. The van der Waals surface area contributed by atoms with Gasteiger partial charge in [0.1, 0.15) is 10.4 Å². The molecular weight excluding hydrogens is 521 g/mol. The lowest BCUT2D eigenvalue weighted by molar-refractivity contribution is 0.240. The first kappa shape index (κ1) is 23.9. The highest BCUT2D eigenvalue weighted by molar-refractivity contribution is 9.10. The Morgan fingerprint density at radius 3 is 2.81 bits per heavy atom. The lowest BCUT2D eigenvalue weighted by Gasteiger charge is -2.27. The van der Waals surface area contributed by atoms with Crippen molar-refractivity contribution >= 4 is 38.9 Å². The van der Waals surface area contributed by atoms with Gasteiger partial charge in [0.15, 0.2) is 0 Å². The van der Waals surface area contributed by atoms with E-state index in [4.69, 9.17) is 0 Å². The van der Waals surface area contributed by atoms with Gasteiger partial charge in [0.25, 0.3) is 0 Å². The van der Waals surface area contributed by atoms with Gasteiger partial charge in [-0.05, 0) is 75.1 Å². The summed E-state index contributed by atoms with van der Waals surface area (Å²) in [6.07, 6.45) is 6.46. The molecule has 180 valence electrons. The summed E-state index contributed by atoms with van der Waals surface area (Å²) in [4.78, 5) is 19.8. The molecule has 1 aliphatic heterocycles. The molecule has 1 aliphatic rings. The van der Waals surface area contributed by atoms with Gasteiger partial charge in [-0.2, -0.15) is 5.26 Å². The van der Waals surface area contributed by atoms with Crippen LogP contribution < -0.4 is 5.32 Å². The van der Waals surface area contributed by atoms with Gasteiger partial charge in [-0.3, -0.25) is 9.47 Å². The highest BCUT2D eigenvalue weighted by Crippen LogP contribution is 2.31. The Morgan fingerprint density at radius 2 is 2.03 bits per heavy atom. The van der Waals surface area contributed by atoms with Crippen molar-refractivity contribution in [3.63, 3.8) is 0 Å². The van der Waals surface area contributed by atoms with Gasteiger partial charge in [0.2, 0.25) is 0 Å². The Hall–Kier alpha value is -3.80. The van der Waals surface area contributed by atoms with Crippen LogP contribution in [0.2, 0.25) is 0 Å². The number of fused-ring (bicyclic) bond motifs is 3. The monoisotopic (exact) mass is 543 g/mol. The lowest BCUT2D eigenvalue weighted by atomic mass is 10.0. The Balaban J connectivity index is 1.39. The zero-order valence-electron chi connectivity index (χ0n) is 19.4. The molecule has 0 fully saturated rings. The van der Waals surface area contributed by atoms with E-state index in [1.165, 1.54) is 12.1 Å². The van der Waals surface area contributed by atoms with Gasteiger partial charge >= 0.3 is 6.03 Å². The van der Waals surface area contributed by atoms with Crippen LogP contribution in [-0.4, -0.2) is 33.6 Å². The molecule has 8 heteroatoms. The van der Waals surface area contributed by atoms with E-state index >= 15 is 0 Å². The predicted octanol–water partition coefficient (Wildman–Crippen LogP) is 5.64. The molecule has 0 radical (unpaired) electrons. The number of amides is 1. The number of halogens is 2. The van der Waals surface area contributed by atoms with E-state index in [0.29, 0.717) is 25.1 Å². The molecular formula is C28H23BrFN5O. The van der Waals surface area contributed by atoms with Crippen LogP contribution in [0, 0.1) is 17.1 Å². The van der Waals surface area contributed by atoms with E-state index in [2.05, 4.69) is 43.3 Å². The summed E-state index contributed by atoms with van der Waals surface area (Å²) >= 11 is 3.36. The van der Waals surface area contributed by atoms with Crippen molar-refractivity contribution in [3.05, 3.63) is 105 Å². The Bertz CT molecular complexity index is 1500. The second kappa shape index (κ2) is 10.4. The minimum Gasteiger partial charge on any atom is -0.333 e. The number of benzene rings is 2. The maximum atomic E-state index is 13.3. The van der Waals surface area contributed by atoms with E-state index in [1.807, 2.05) is 30.3 Å². The van der Waals surface area contributed by atoms with Gasteiger partial charge in [0.05, 0.1) is 17.1 Å². The van der Waals surface area contributed by atoms with Crippen LogP contribution in [0.25, 0.3) is 17.0 Å². The molecule has 0 saturated carbocycles. The zero-order chi connectivity index (χ0) is 25.1. The van der Waals surface area contributed by atoms with E-state index < -0.39 is 0 Å². The summed E-state index contributed by atoms with van der Waals surface area (Å²) < 4.78 is 15.6. The average Bonchev–Trinajstić information content (AvgIpc) is 3.21. The molecule has 2 aromatic heterocycles. The normalized spacial score (nSPS) is 13.6. The molecule has 0 spiro atoms. The van der Waals surface area contributed by atoms with Crippen molar-refractivity contribution < 1.29 is 9.18 Å². The van der Waals surface area contributed by atoms with Crippen molar-refractivity contribution in [3.8, 4) is 6.07 Å². The van der Waals surface area contributed by atoms with Gasteiger partial charge in [-0.1, -0.05) is 24.3 Å². The minimum atomic E-state index is -0.249. The molecule has 1 amide bonds. The standard InChI is InChI=1S/C28H23BrFN5O/c29-27-15-21(9-11-32-27)17-33-28(36)35-25-8-5-20(16-31)14-23(25)24-18-34(13-10-26(24)35)12-1-2-19-3-6-22(30)7-4-19/h1-9,11,14-15H,10,12-13,17-18H2,(H,33,36)/b2-1+. The van der Waals surface area contributed by atoms with Crippen LogP contribution in [0.5, 0.6) is 0 Å². The minimum absolute atomic E-state index is 0.191. The molecule has 4 aromatic rings. The third-order valence-electron chi connectivity index (χ3n) is 6.34. The van der Waals surface area contributed by atoms with Crippen molar-refractivity contribution in [2.45, 2.75) is 19.5 Å². The molecule has 0 aliphatic carbocycles. The number of hydrogen-bond donors (Lipinski definition) is 1. The van der Waals surface area contributed by atoms with Gasteiger partial charge < -0.3 is 5.32 Å². The topological polar surface area (TPSA) is 74.0 Å². The van der Waals surface area contributed by atoms with Gasteiger partial charge in [0, 0.05) is 49.9 Å². The smallest absolute Gasteiger partial charge is 0.326 e. The summed E-state index contributed by atoms with van der Waals surface area (Å²) in [5, 5.41) is 13.4. The van der Waals surface area contributed by atoms with E-state index in [1.54, 1.807) is 29.0 Å².